The maximum atomic E-state index is 13.9. The molecule has 1 aromatic heterocycles. The van der Waals surface area contributed by atoms with Gasteiger partial charge in [-0.15, -0.1) is 0 Å². The summed E-state index contributed by atoms with van der Waals surface area (Å²) in [5.41, 5.74) is 0.694. The fourth-order valence-corrected chi connectivity index (χ4v) is 4.83. The van der Waals surface area contributed by atoms with Gasteiger partial charge in [0.2, 0.25) is 21.2 Å². The maximum Gasteiger partial charge on any atom is 0.244 e. The number of anilines is 1. The van der Waals surface area contributed by atoms with Crippen LogP contribution in [-0.2, 0) is 21.2 Å². The fourth-order valence-electron chi connectivity index (χ4n) is 3.46. The lowest BCUT2D eigenvalue weighted by molar-refractivity contribution is -0.116. The number of sulfone groups is 1. The van der Waals surface area contributed by atoms with Gasteiger partial charge in [0.1, 0.15) is 23.1 Å². The average Bonchev–Trinajstić information content (AvgIpc) is 2.77. The molecular weight excluding hydrogens is 450 g/mol. The quantitative estimate of drug-likeness (QED) is 0.448. The van der Waals surface area contributed by atoms with E-state index in [1.807, 2.05) is 19.1 Å². The van der Waals surface area contributed by atoms with E-state index in [1.54, 1.807) is 12.1 Å². The van der Waals surface area contributed by atoms with Crippen molar-refractivity contribution in [3.05, 3.63) is 100 Å². The zero-order valence-corrected chi connectivity index (χ0v) is 18.2. The minimum atomic E-state index is -4.37. The zero-order valence-electron chi connectivity index (χ0n) is 17.4. The molecule has 0 aliphatic carbocycles. The summed E-state index contributed by atoms with van der Waals surface area (Å²) < 4.78 is 54.8. The van der Waals surface area contributed by atoms with Gasteiger partial charge in [0.05, 0.1) is 10.4 Å². The van der Waals surface area contributed by atoms with Crippen molar-refractivity contribution in [2.45, 2.75) is 23.3 Å². The Labute approximate surface area is 188 Å². The molecule has 0 saturated carbocycles. The Morgan fingerprint density at radius 3 is 2.33 bits per heavy atom. The number of rotatable bonds is 5. The summed E-state index contributed by atoms with van der Waals surface area (Å²) in [7, 11) is -4.37. The van der Waals surface area contributed by atoms with Crippen LogP contribution in [0.5, 0.6) is 0 Å². The third kappa shape index (κ3) is 4.40. The van der Waals surface area contributed by atoms with Crippen LogP contribution < -0.4 is 10.7 Å². The molecule has 4 aromatic rings. The van der Waals surface area contributed by atoms with E-state index >= 15 is 0 Å². The summed E-state index contributed by atoms with van der Waals surface area (Å²) in [4.78, 5) is 24.8. The van der Waals surface area contributed by atoms with Gasteiger partial charge in [-0.25, -0.2) is 17.2 Å². The summed E-state index contributed by atoms with van der Waals surface area (Å²) in [5, 5.41) is 2.55. The molecule has 1 N–H and O–H groups in total. The number of nitrogens with one attached hydrogen (secondary N) is 1. The Hall–Kier alpha value is -3.85. The molecule has 6 nitrogen and oxygen atoms in total. The predicted octanol–water partition coefficient (Wildman–Crippen LogP) is 4.06. The molecule has 0 spiro atoms. The van der Waals surface area contributed by atoms with Crippen LogP contribution >= 0.6 is 0 Å². The minimum absolute atomic E-state index is 0.193. The van der Waals surface area contributed by atoms with Gasteiger partial charge in [0.15, 0.2) is 0 Å². The van der Waals surface area contributed by atoms with E-state index in [4.69, 9.17) is 0 Å². The van der Waals surface area contributed by atoms with Gasteiger partial charge in [0.25, 0.3) is 0 Å². The first kappa shape index (κ1) is 22.3. The molecule has 1 amide bonds. The Morgan fingerprint density at radius 2 is 1.64 bits per heavy atom. The van der Waals surface area contributed by atoms with Gasteiger partial charge in [-0.3, -0.25) is 9.59 Å². The van der Waals surface area contributed by atoms with E-state index < -0.39 is 37.7 Å². The summed E-state index contributed by atoms with van der Waals surface area (Å²) in [6.45, 7) is 1.49. The van der Waals surface area contributed by atoms with Crippen LogP contribution in [0, 0.1) is 18.6 Å². The van der Waals surface area contributed by atoms with E-state index in [9.17, 15) is 26.8 Å². The second kappa shape index (κ2) is 8.59. The molecule has 9 heteroatoms. The lowest BCUT2D eigenvalue weighted by Crippen LogP contribution is -2.24. The molecule has 1 heterocycles. The molecular formula is C24H18F2N2O4S. The molecule has 0 fully saturated rings. The highest BCUT2D eigenvalue weighted by atomic mass is 32.2. The normalized spacial score (nSPS) is 11.5. The van der Waals surface area contributed by atoms with Crippen LogP contribution in [0.25, 0.3) is 10.9 Å². The molecule has 4 rings (SSSR count). The Morgan fingerprint density at radius 1 is 0.970 bits per heavy atom. The molecule has 33 heavy (non-hydrogen) atoms. The van der Waals surface area contributed by atoms with Gasteiger partial charge >= 0.3 is 0 Å². The van der Waals surface area contributed by atoms with Crippen LogP contribution in [0.2, 0.25) is 0 Å². The van der Waals surface area contributed by atoms with Gasteiger partial charge in [-0.05, 0) is 61.0 Å². The molecule has 3 aromatic carbocycles. The molecule has 0 atom stereocenters. The van der Waals surface area contributed by atoms with Gasteiger partial charge in [0, 0.05) is 17.3 Å². The molecule has 0 aliphatic heterocycles. The van der Waals surface area contributed by atoms with Crippen LogP contribution in [0.3, 0.4) is 0 Å². The van der Waals surface area contributed by atoms with E-state index in [0.717, 1.165) is 48.2 Å². The average molecular weight is 468 g/mol. The van der Waals surface area contributed by atoms with Crippen molar-refractivity contribution < 1.29 is 22.0 Å². The van der Waals surface area contributed by atoms with Crippen LogP contribution in [0.4, 0.5) is 14.5 Å². The number of hydrogen-bond donors (Lipinski definition) is 1. The smallest absolute Gasteiger partial charge is 0.244 e. The third-order valence-corrected chi connectivity index (χ3v) is 6.92. The molecule has 0 saturated heterocycles. The van der Waals surface area contributed by atoms with E-state index in [-0.39, 0.29) is 22.3 Å². The summed E-state index contributed by atoms with van der Waals surface area (Å²) >= 11 is 0. The number of benzene rings is 3. The van der Waals surface area contributed by atoms with Crippen molar-refractivity contribution in [2.75, 3.05) is 5.32 Å². The standard InChI is InChI=1S/C24H18F2N2O4S/c1-15-4-2-3-5-20(15)27-23(29)14-28-13-22(24(30)19-12-17(26)8-11-21(19)28)33(31,32)18-9-6-16(25)7-10-18/h2-13H,14H2,1H3,(H,27,29). The van der Waals surface area contributed by atoms with Crippen molar-refractivity contribution >= 4 is 32.3 Å². The lowest BCUT2D eigenvalue weighted by atomic mass is 10.2. The number of aryl methyl sites for hydroxylation is 1. The van der Waals surface area contributed by atoms with E-state index in [1.165, 1.54) is 10.6 Å². The number of nitrogens with zero attached hydrogens (tertiary/aromatic N) is 1. The number of aromatic nitrogens is 1. The number of pyridine rings is 1. The number of hydrogen-bond acceptors (Lipinski definition) is 4. The second-order valence-corrected chi connectivity index (χ2v) is 9.35. The van der Waals surface area contributed by atoms with E-state index in [2.05, 4.69) is 5.32 Å². The molecule has 0 radical (unpaired) electrons. The highest BCUT2D eigenvalue weighted by Crippen LogP contribution is 2.22. The van der Waals surface area contributed by atoms with Gasteiger partial charge in [-0.2, -0.15) is 0 Å². The molecule has 0 aliphatic rings. The molecule has 168 valence electrons. The van der Waals surface area contributed by atoms with Crippen molar-refractivity contribution in [3.63, 3.8) is 0 Å². The van der Waals surface area contributed by atoms with E-state index in [0.29, 0.717) is 5.69 Å². The second-order valence-electron chi connectivity index (χ2n) is 7.43. The monoisotopic (exact) mass is 468 g/mol. The Bertz CT molecular complexity index is 1550. The van der Waals surface area contributed by atoms with Crippen LogP contribution in [0.1, 0.15) is 5.56 Å². The first-order chi connectivity index (χ1) is 15.7. The first-order valence-corrected chi connectivity index (χ1v) is 11.3. The topological polar surface area (TPSA) is 85.2 Å². The number of para-hydroxylation sites is 1. The number of halogens is 2. The third-order valence-electron chi connectivity index (χ3n) is 5.16. The first-order valence-electron chi connectivity index (χ1n) is 9.85. The van der Waals surface area contributed by atoms with Gasteiger partial charge in [-0.1, -0.05) is 18.2 Å². The number of amides is 1. The van der Waals surface area contributed by atoms with Crippen molar-refractivity contribution in [2.24, 2.45) is 0 Å². The van der Waals surface area contributed by atoms with Crippen molar-refractivity contribution in [1.29, 1.82) is 0 Å². The largest absolute Gasteiger partial charge is 0.336 e. The SMILES string of the molecule is Cc1ccccc1NC(=O)Cn1cc(S(=O)(=O)c2ccc(F)cc2)c(=O)c2cc(F)ccc21. The Kier molecular flexibility index (Phi) is 5.82. The minimum Gasteiger partial charge on any atom is -0.336 e. The number of fused-ring (bicyclic) bond motifs is 1. The van der Waals surface area contributed by atoms with Crippen molar-refractivity contribution in [1.82, 2.24) is 4.57 Å². The fraction of sp³-hybridized carbons (Fsp3) is 0.0833. The predicted molar refractivity (Wildman–Crippen MR) is 120 cm³/mol. The number of carbonyl (C=O) groups is 1. The molecule has 0 unspecified atom stereocenters. The van der Waals surface area contributed by atoms with Crippen molar-refractivity contribution in [3.8, 4) is 0 Å². The number of carbonyl (C=O) groups excluding carboxylic acids is 1. The van der Waals surface area contributed by atoms with Crippen LogP contribution in [-0.4, -0.2) is 18.9 Å². The lowest BCUT2D eigenvalue weighted by Gasteiger charge is -2.15. The van der Waals surface area contributed by atoms with Gasteiger partial charge < -0.3 is 9.88 Å². The highest BCUT2D eigenvalue weighted by Gasteiger charge is 2.24. The maximum absolute atomic E-state index is 13.9. The summed E-state index contributed by atoms with van der Waals surface area (Å²) in [6, 6.07) is 14.5. The molecule has 0 bridgehead atoms. The summed E-state index contributed by atoms with van der Waals surface area (Å²) in [5.74, 6) is -1.84. The zero-order chi connectivity index (χ0) is 23.8. The Balaban J connectivity index is 1.83. The summed E-state index contributed by atoms with van der Waals surface area (Å²) in [6.07, 6.45) is 1.05. The van der Waals surface area contributed by atoms with Crippen LogP contribution in [0.15, 0.2) is 87.5 Å². The highest BCUT2D eigenvalue weighted by molar-refractivity contribution is 7.91.